The monoisotopic (exact) mass is 230 g/mol. The Hall–Kier alpha value is -1.12. The molecule has 2 heteroatoms. The normalized spacial score (nSPS) is 18.2. The lowest BCUT2D eigenvalue weighted by atomic mass is 10.1. The van der Waals surface area contributed by atoms with Crippen molar-refractivity contribution in [3.8, 4) is 0 Å². The predicted octanol–water partition coefficient (Wildman–Crippen LogP) is 2.21. The summed E-state index contributed by atoms with van der Waals surface area (Å²) in [5.41, 5.74) is 7.58. The number of hydrogen-bond donors (Lipinski definition) is 1. The minimum Gasteiger partial charge on any atom is -0.327 e. The van der Waals surface area contributed by atoms with Crippen LogP contribution in [0.4, 0.5) is 0 Å². The summed E-state index contributed by atoms with van der Waals surface area (Å²) in [7, 11) is 0. The van der Waals surface area contributed by atoms with Gasteiger partial charge in [-0.1, -0.05) is 42.5 Å². The molecule has 0 saturated carbocycles. The highest BCUT2D eigenvalue weighted by atomic mass is 15.1. The van der Waals surface area contributed by atoms with Crippen molar-refractivity contribution in [2.75, 3.05) is 19.6 Å². The van der Waals surface area contributed by atoms with Crippen molar-refractivity contribution in [2.45, 2.75) is 25.3 Å². The van der Waals surface area contributed by atoms with Crippen LogP contribution in [0, 0.1) is 0 Å². The van der Waals surface area contributed by atoms with Gasteiger partial charge in [0.25, 0.3) is 0 Å². The molecule has 2 nitrogen and oxygen atoms in total. The van der Waals surface area contributed by atoms with Crippen LogP contribution in [0.2, 0.25) is 0 Å². The van der Waals surface area contributed by atoms with E-state index in [1.165, 1.54) is 12.0 Å². The van der Waals surface area contributed by atoms with Crippen LogP contribution in [0.1, 0.15) is 18.4 Å². The van der Waals surface area contributed by atoms with Crippen LogP contribution < -0.4 is 5.73 Å². The second-order valence-electron chi connectivity index (χ2n) is 4.80. The van der Waals surface area contributed by atoms with Crippen molar-refractivity contribution in [3.63, 3.8) is 0 Å². The van der Waals surface area contributed by atoms with Crippen LogP contribution in [0.5, 0.6) is 0 Å². The van der Waals surface area contributed by atoms with E-state index < -0.39 is 0 Å². The summed E-state index contributed by atoms with van der Waals surface area (Å²) in [6.45, 7) is 3.26. The standard InChI is InChI=1S/C15H22N2/c16-15(13-17-11-5-2-6-12-17)10-9-14-7-3-1-4-8-14/h1-5,7-8,15H,6,9-13,16H2/t15-/m0/s1. The van der Waals surface area contributed by atoms with Crippen LogP contribution in [-0.2, 0) is 6.42 Å². The smallest absolute Gasteiger partial charge is 0.0171 e. The van der Waals surface area contributed by atoms with E-state index in [4.69, 9.17) is 5.73 Å². The van der Waals surface area contributed by atoms with Crippen molar-refractivity contribution in [2.24, 2.45) is 5.73 Å². The summed E-state index contributed by atoms with van der Waals surface area (Å²) in [5.74, 6) is 0. The maximum absolute atomic E-state index is 6.19. The Kier molecular flexibility index (Phi) is 4.77. The summed E-state index contributed by atoms with van der Waals surface area (Å²) in [6, 6.07) is 10.9. The minimum absolute atomic E-state index is 0.293. The van der Waals surface area contributed by atoms with Gasteiger partial charge < -0.3 is 5.73 Å². The number of benzene rings is 1. The maximum Gasteiger partial charge on any atom is 0.0171 e. The summed E-state index contributed by atoms with van der Waals surface area (Å²) in [5, 5.41) is 0. The van der Waals surface area contributed by atoms with E-state index in [2.05, 4.69) is 47.4 Å². The second-order valence-corrected chi connectivity index (χ2v) is 4.80. The first-order chi connectivity index (χ1) is 8.34. The van der Waals surface area contributed by atoms with Crippen LogP contribution >= 0.6 is 0 Å². The SMILES string of the molecule is N[C@@H](CCc1ccccc1)CN1CC=CCC1. The Bertz CT molecular complexity index is 345. The molecule has 1 atom stereocenters. The van der Waals surface area contributed by atoms with E-state index in [0.29, 0.717) is 6.04 Å². The molecular weight excluding hydrogens is 208 g/mol. The molecule has 2 N–H and O–H groups in total. The Labute approximate surface area is 104 Å². The van der Waals surface area contributed by atoms with Gasteiger partial charge in [0, 0.05) is 25.7 Å². The van der Waals surface area contributed by atoms with Gasteiger partial charge in [0.1, 0.15) is 0 Å². The molecule has 0 fully saturated rings. The zero-order valence-corrected chi connectivity index (χ0v) is 10.4. The quantitative estimate of drug-likeness (QED) is 0.786. The van der Waals surface area contributed by atoms with Crippen LogP contribution in [0.15, 0.2) is 42.5 Å². The summed E-state index contributed by atoms with van der Waals surface area (Å²) < 4.78 is 0. The van der Waals surface area contributed by atoms with E-state index >= 15 is 0 Å². The molecular formula is C15H22N2. The van der Waals surface area contributed by atoms with Gasteiger partial charge >= 0.3 is 0 Å². The summed E-state index contributed by atoms with van der Waals surface area (Å²) >= 11 is 0. The van der Waals surface area contributed by atoms with Crippen molar-refractivity contribution in [3.05, 3.63) is 48.0 Å². The number of nitrogens with two attached hydrogens (primary N) is 1. The average Bonchev–Trinajstić information content (AvgIpc) is 2.39. The van der Waals surface area contributed by atoms with Gasteiger partial charge in [0.15, 0.2) is 0 Å². The fraction of sp³-hybridized carbons (Fsp3) is 0.467. The lowest BCUT2D eigenvalue weighted by Crippen LogP contribution is -2.39. The Balaban J connectivity index is 1.70. The van der Waals surface area contributed by atoms with Crippen molar-refractivity contribution in [1.29, 1.82) is 0 Å². The largest absolute Gasteiger partial charge is 0.327 e. The van der Waals surface area contributed by atoms with Gasteiger partial charge in [0.05, 0.1) is 0 Å². The average molecular weight is 230 g/mol. The minimum atomic E-state index is 0.293. The highest BCUT2D eigenvalue weighted by molar-refractivity contribution is 5.14. The van der Waals surface area contributed by atoms with Gasteiger partial charge in [-0.25, -0.2) is 0 Å². The molecule has 0 spiro atoms. The highest BCUT2D eigenvalue weighted by Gasteiger charge is 2.10. The van der Waals surface area contributed by atoms with Crippen molar-refractivity contribution < 1.29 is 0 Å². The molecule has 0 aromatic heterocycles. The molecule has 1 aromatic rings. The maximum atomic E-state index is 6.19. The number of aryl methyl sites for hydroxylation is 1. The van der Waals surface area contributed by atoms with Gasteiger partial charge in [-0.3, -0.25) is 4.90 Å². The predicted molar refractivity (Wildman–Crippen MR) is 72.9 cm³/mol. The van der Waals surface area contributed by atoms with Crippen LogP contribution in [0.25, 0.3) is 0 Å². The molecule has 1 heterocycles. The molecule has 0 radical (unpaired) electrons. The molecule has 17 heavy (non-hydrogen) atoms. The zero-order chi connectivity index (χ0) is 11.9. The number of nitrogens with zero attached hydrogens (tertiary/aromatic N) is 1. The van der Waals surface area contributed by atoms with Crippen LogP contribution in [0.3, 0.4) is 0 Å². The first-order valence-corrected chi connectivity index (χ1v) is 6.51. The van der Waals surface area contributed by atoms with E-state index in [9.17, 15) is 0 Å². The third kappa shape index (κ3) is 4.33. The van der Waals surface area contributed by atoms with E-state index in [0.717, 1.165) is 32.5 Å². The van der Waals surface area contributed by atoms with Crippen molar-refractivity contribution in [1.82, 2.24) is 4.90 Å². The molecule has 0 amide bonds. The Morgan fingerprint density at radius 1 is 1.18 bits per heavy atom. The van der Waals surface area contributed by atoms with E-state index in [-0.39, 0.29) is 0 Å². The van der Waals surface area contributed by atoms with Gasteiger partial charge in [-0.05, 0) is 24.8 Å². The third-order valence-corrected chi connectivity index (χ3v) is 3.28. The number of hydrogen-bond acceptors (Lipinski definition) is 2. The fourth-order valence-corrected chi connectivity index (χ4v) is 2.28. The molecule has 0 unspecified atom stereocenters. The highest BCUT2D eigenvalue weighted by Crippen LogP contribution is 2.07. The lowest BCUT2D eigenvalue weighted by molar-refractivity contribution is 0.274. The molecule has 0 aliphatic carbocycles. The molecule has 1 aliphatic rings. The molecule has 0 bridgehead atoms. The first-order valence-electron chi connectivity index (χ1n) is 6.51. The lowest BCUT2D eigenvalue weighted by Gasteiger charge is -2.26. The molecule has 1 aromatic carbocycles. The third-order valence-electron chi connectivity index (χ3n) is 3.28. The molecule has 92 valence electrons. The molecule has 0 saturated heterocycles. The first kappa shape index (κ1) is 12.3. The Morgan fingerprint density at radius 2 is 2.00 bits per heavy atom. The van der Waals surface area contributed by atoms with Gasteiger partial charge in [-0.15, -0.1) is 0 Å². The summed E-state index contributed by atoms with van der Waals surface area (Å²) in [6.07, 6.45) is 7.83. The summed E-state index contributed by atoms with van der Waals surface area (Å²) in [4.78, 5) is 2.44. The molecule has 1 aliphatic heterocycles. The molecule has 2 rings (SSSR count). The van der Waals surface area contributed by atoms with Crippen molar-refractivity contribution >= 4 is 0 Å². The zero-order valence-electron chi connectivity index (χ0n) is 10.4. The van der Waals surface area contributed by atoms with E-state index in [1.807, 2.05) is 0 Å². The number of rotatable bonds is 5. The Morgan fingerprint density at radius 3 is 2.71 bits per heavy atom. The van der Waals surface area contributed by atoms with E-state index in [1.54, 1.807) is 0 Å². The van der Waals surface area contributed by atoms with Gasteiger partial charge in [-0.2, -0.15) is 0 Å². The topological polar surface area (TPSA) is 29.3 Å². The van der Waals surface area contributed by atoms with Crippen LogP contribution in [-0.4, -0.2) is 30.6 Å². The second kappa shape index (κ2) is 6.58. The van der Waals surface area contributed by atoms with Gasteiger partial charge in [0.2, 0.25) is 0 Å². The fourth-order valence-electron chi connectivity index (χ4n) is 2.28.